The number of benzene rings is 1. The van der Waals surface area contributed by atoms with E-state index in [9.17, 15) is 4.79 Å². The third-order valence-corrected chi connectivity index (χ3v) is 5.95. The Bertz CT molecular complexity index is 942. The third kappa shape index (κ3) is 6.87. The van der Waals surface area contributed by atoms with Crippen molar-refractivity contribution in [2.75, 3.05) is 45.2 Å². The molecule has 33 heavy (non-hydrogen) atoms. The first-order valence-corrected chi connectivity index (χ1v) is 11.2. The predicted octanol–water partition coefficient (Wildman–Crippen LogP) is 2.50. The van der Waals surface area contributed by atoms with E-state index in [1.807, 2.05) is 19.1 Å². The summed E-state index contributed by atoms with van der Waals surface area (Å²) >= 11 is 0. The number of fused-ring (bicyclic) bond motifs is 1. The van der Waals surface area contributed by atoms with Crippen molar-refractivity contribution in [2.45, 2.75) is 32.0 Å². The SMILES string of the molecule is CN=C(NCCC(=O)Nc1cccc(C)n1)N1CC2OCCN(Cc3ccccc3)C2C1.I. The number of aryl methyl sites for hydroxylation is 1. The van der Waals surface area contributed by atoms with Crippen LogP contribution in [0, 0.1) is 6.92 Å². The van der Waals surface area contributed by atoms with Gasteiger partial charge < -0.3 is 20.3 Å². The highest BCUT2D eigenvalue weighted by Gasteiger charge is 2.41. The van der Waals surface area contributed by atoms with Gasteiger partial charge in [-0.15, -0.1) is 24.0 Å². The summed E-state index contributed by atoms with van der Waals surface area (Å²) in [5, 5.41) is 6.18. The number of anilines is 1. The van der Waals surface area contributed by atoms with Crippen LogP contribution in [0.2, 0.25) is 0 Å². The molecule has 0 spiro atoms. The first-order chi connectivity index (χ1) is 15.6. The lowest BCUT2D eigenvalue weighted by Crippen LogP contribution is -2.50. The van der Waals surface area contributed by atoms with Crippen LogP contribution in [0.1, 0.15) is 17.7 Å². The molecule has 2 saturated heterocycles. The Morgan fingerprint density at radius 1 is 1.18 bits per heavy atom. The number of halogens is 1. The van der Waals surface area contributed by atoms with E-state index >= 15 is 0 Å². The molecule has 2 aromatic rings. The third-order valence-electron chi connectivity index (χ3n) is 5.95. The van der Waals surface area contributed by atoms with Gasteiger partial charge in [0.2, 0.25) is 5.91 Å². The Kier molecular flexibility index (Phi) is 9.45. The molecule has 2 fully saturated rings. The summed E-state index contributed by atoms with van der Waals surface area (Å²) in [7, 11) is 1.78. The molecule has 2 atom stereocenters. The molecule has 2 N–H and O–H groups in total. The predicted molar refractivity (Wildman–Crippen MR) is 141 cm³/mol. The molecular formula is C24H33IN6O2. The molecule has 1 aromatic heterocycles. The molecule has 178 valence electrons. The van der Waals surface area contributed by atoms with Crippen LogP contribution in [0.25, 0.3) is 0 Å². The normalized spacial score (nSPS) is 20.7. The maximum atomic E-state index is 12.3. The number of aromatic nitrogens is 1. The van der Waals surface area contributed by atoms with E-state index in [0.29, 0.717) is 24.8 Å². The van der Waals surface area contributed by atoms with Gasteiger partial charge in [-0.3, -0.25) is 14.7 Å². The van der Waals surface area contributed by atoms with Gasteiger partial charge in [0, 0.05) is 51.9 Å². The molecule has 1 amide bonds. The number of ether oxygens (including phenoxy) is 1. The van der Waals surface area contributed by atoms with Crippen molar-refractivity contribution in [3.63, 3.8) is 0 Å². The molecule has 2 unspecified atom stereocenters. The van der Waals surface area contributed by atoms with Gasteiger partial charge in [-0.05, 0) is 24.6 Å². The zero-order valence-corrected chi connectivity index (χ0v) is 21.6. The Hall–Kier alpha value is -2.24. The fourth-order valence-electron chi connectivity index (χ4n) is 4.38. The van der Waals surface area contributed by atoms with Gasteiger partial charge in [-0.2, -0.15) is 0 Å². The Morgan fingerprint density at radius 2 is 2.00 bits per heavy atom. The van der Waals surface area contributed by atoms with Crippen LogP contribution in [-0.4, -0.2) is 78.6 Å². The van der Waals surface area contributed by atoms with E-state index in [4.69, 9.17) is 4.74 Å². The second-order valence-electron chi connectivity index (χ2n) is 8.27. The number of hydrogen-bond acceptors (Lipinski definition) is 5. The van der Waals surface area contributed by atoms with Crippen molar-refractivity contribution in [1.29, 1.82) is 0 Å². The second kappa shape index (κ2) is 12.3. The number of carbonyl (C=O) groups is 1. The van der Waals surface area contributed by atoms with E-state index < -0.39 is 0 Å². The van der Waals surface area contributed by atoms with Crippen molar-refractivity contribution < 1.29 is 9.53 Å². The highest BCUT2D eigenvalue weighted by atomic mass is 127. The Morgan fingerprint density at radius 3 is 2.76 bits per heavy atom. The van der Waals surface area contributed by atoms with Gasteiger partial charge in [0.15, 0.2) is 5.96 Å². The average Bonchev–Trinajstić information content (AvgIpc) is 3.23. The molecule has 3 heterocycles. The molecule has 0 bridgehead atoms. The summed E-state index contributed by atoms with van der Waals surface area (Å²) in [6.45, 7) is 6.68. The molecule has 0 aliphatic carbocycles. The number of nitrogens with one attached hydrogen (secondary N) is 2. The van der Waals surface area contributed by atoms with Gasteiger partial charge in [0.25, 0.3) is 0 Å². The van der Waals surface area contributed by atoms with E-state index in [2.05, 4.69) is 60.7 Å². The molecule has 2 aliphatic heterocycles. The van der Waals surface area contributed by atoms with Crippen LogP contribution in [0.3, 0.4) is 0 Å². The largest absolute Gasteiger partial charge is 0.373 e. The van der Waals surface area contributed by atoms with Crippen molar-refractivity contribution in [3.8, 4) is 0 Å². The number of likely N-dealkylation sites (tertiary alicyclic amines) is 1. The summed E-state index contributed by atoms with van der Waals surface area (Å²) in [5.74, 6) is 1.32. The number of nitrogens with zero attached hydrogens (tertiary/aromatic N) is 4. The highest BCUT2D eigenvalue weighted by molar-refractivity contribution is 14.0. The summed E-state index contributed by atoms with van der Waals surface area (Å²) < 4.78 is 6.08. The molecule has 9 heteroatoms. The molecule has 8 nitrogen and oxygen atoms in total. The van der Waals surface area contributed by atoms with E-state index in [-0.39, 0.29) is 36.0 Å². The maximum absolute atomic E-state index is 12.3. The van der Waals surface area contributed by atoms with Gasteiger partial charge >= 0.3 is 0 Å². The molecular weight excluding hydrogens is 531 g/mol. The molecule has 2 aliphatic rings. The highest BCUT2D eigenvalue weighted by Crippen LogP contribution is 2.24. The fourth-order valence-corrected chi connectivity index (χ4v) is 4.38. The van der Waals surface area contributed by atoms with Gasteiger partial charge in [-0.25, -0.2) is 4.98 Å². The van der Waals surface area contributed by atoms with Crippen LogP contribution in [0.5, 0.6) is 0 Å². The summed E-state index contributed by atoms with van der Waals surface area (Å²) in [6, 6.07) is 16.5. The standard InChI is InChI=1S/C24H32N6O2.HI/c1-18-7-6-10-22(27-18)28-23(31)11-12-26-24(25-2)30-16-20-21(17-30)32-14-13-29(20)15-19-8-4-3-5-9-19;/h3-10,20-21H,11-17H2,1-2H3,(H,25,26)(H,27,28,31);1H. The fraction of sp³-hybridized carbons (Fsp3) is 0.458. The van der Waals surface area contributed by atoms with Crippen molar-refractivity contribution >= 4 is 41.7 Å². The minimum absolute atomic E-state index is 0. The topological polar surface area (TPSA) is 82.1 Å². The van der Waals surface area contributed by atoms with Crippen LogP contribution in [0.4, 0.5) is 5.82 Å². The number of aliphatic imine (C=N–C) groups is 1. The van der Waals surface area contributed by atoms with Gasteiger partial charge in [0.1, 0.15) is 5.82 Å². The summed E-state index contributed by atoms with van der Waals surface area (Å²) in [5.41, 5.74) is 2.20. The minimum atomic E-state index is -0.0708. The lowest BCUT2D eigenvalue weighted by Gasteiger charge is -2.36. The number of morpholine rings is 1. The Labute approximate surface area is 212 Å². The van der Waals surface area contributed by atoms with Crippen LogP contribution < -0.4 is 10.6 Å². The second-order valence-corrected chi connectivity index (χ2v) is 8.27. The first-order valence-electron chi connectivity index (χ1n) is 11.2. The minimum Gasteiger partial charge on any atom is -0.373 e. The van der Waals surface area contributed by atoms with E-state index in [1.54, 1.807) is 13.1 Å². The first kappa shape index (κ1) is 25.4. The number of amides is 1. The van der Waals surface area contributed by atoms with Gasteiger partial charge in [0.05, 0.1) is 18.8 Å². The van der Waals surface area contributed by atoms with E-state index in [1.165, 1.54) is 5.56 Å². The smallest absolute Gasteiger partial charge is 0.227 e. The number of rotatable bonds is 6. The molecule has 1 aromatic carbocycles. The summed E-state index contributed by atoms with van der Waals surface area (Å²) in [4.78, 5) is 25.8. The van der Waals surface area contributed by atoms with Crippen LogP contribution >= 0.6 is 24.0 Å². The van der Waals surface area contributed by atoms with E-state index in [0.717, 1.165) is 44.4 Å². The number of pyridine rings is 1. The van der Waals surface area contributed by atoms with Crippen LogP contribution in [0.15, 0.2) is 53.5 Å². The van der Waals surface area contributed by atoms with Crippen LogP contribution in [-0.2, 0) is 16.1 Å². The zero-order valence-electron chi connectivity index (χ0n) is 19.2. The van der Waals surface area contributed by atoms with Crippen molar-refractivity contribution in [3.05, 3.63) is 59.8 Å². The zero-order chi connectivity index (χ0) is 22.3. The molecule has 0 radical (unpaired) electrons. The monoisotopic (exact) mass is 564 g/mol. The molecule has 0 saturated carbocycles. The Balaban J connectivity index is 0.00000306. The number of guanidine groups is 1. The average molecular weight is 564 g/mol. The lowest BCUT2D eigenvalue weighted by atomic mass is 10.1. The van der Waals surface area contributed by atoms with Crippen molar-refractivity contribution in [2.24, 2.45) is 4.99 Å². The number of carbonyl (C=O) groups excluding carboxylic acids is 1. The molecule has 4 rings (SSSR count). The number of hydrogen-bond donors (Lipinski definition) is 2. The quantitative estimate of drug-likeness (QED) is 0.319. The lowest BCUT2D eigenvalue weighted by molar-refractivity contribution is -0.116. The van der Waals surface area contributed by atoms with Gasteiger partial charge in [-0.1, -0.05) is 36.4 Å². The maximum Gasteiger partial charge on any atom is 0.227 e. The van der Waals surface area contributed by atoms with Crippen molar-refractivity contribution in [1.82, 2.24) is 20.1 Å². The summed E-state index contributed by atoms with van der Waals surface area (Å²) in [6.07, 6.45) is 0.508.